The molecule has 1 fully saturated rings. The third-order valence-corrected chi connectivity index (χ3v) is 3.88. The maximum absolute atomic E-state index is 12.6. The lowest BCUT2D eigenvalue weighted by Crippen LogP contribution is -2.32. The van der Waals surface area contributed by atoms with Crippen molar-refractivity contribution in [1.82, 2.24) is 15.0 Å². The zero-order chi connectivity index (χ0) is 18.7. The number of carbonyl (C=O) groups is 1. The Bertz CT molecular complexity index is 754. The van der Waals surface area contributed by atoms with Gasteiger partial charge in [0.2, 0.25) is 5.88 Å². The summed E-state index contributed by atoms with van der Waals surface area (Å²) in [5.74, 6) is 1.68. The Hall–Kier alpha value is -2.70. The van der Waals surface area contributed by atoms with Crippen LogP contribution in [0, 0.1) is 12.3 Å². The average Bonchev–Trinajstić information content (AvgIpc) is 2.95. The molecule has 0 bridgehead atoms. The Kier molecular flexibility index (Phi) is 5.06. The van der Waals surface area contributed by atoms with Gasteiger partial charge < -0.3 is 14.4 Å². The predicted molar refractivity (Wildman–Crippen MR) is 97.3 cm³/mol. The number of aryl methyl sites for hydroxylation is 1. The molecule has 0 saturated carbocycles. The molecule has 1 aliphatic heterocycles. The molecule has 0 N–H and O–H groups in total. The lowest BCUT2D eigenvalue weighted by molar-refractivity contribution is -0.122. The minimum atomic E-state index is -0.528. The monoisotopic (exact) mass is 356 g/mol. The van der Waals surface area contributed by atoms with E-state index in [2.05, 4.69) is 35.7 Å². The summed E-state index contributed by atoms with van der Waals surface area (Å²) in [5.41, 5.74) is 0.756. The van der Waals surface area contributed by atoms with Crippen LogP contribution in [0.2, 0.25) is 0 Å². The van der Waals surface area contributed by atoms with Crippen molar-refractivity contribution in [3.8, 4) is 11.6 Å². The van der Waals surface area contributed by atoms with E-state index in [1.165, 1.54) is 0 Å². The number of amides is 1. The van der Waals surface area contributed by atoms with Gasteiger partial charge in [0.1, 0.15) is 11.6 Å². The summed E-state index contributed by atoms with van der Waals surface area (Å²) >= 11 is 0. The van der Waals surface area contributed by atoms with Crippen molar-refractivity contribution >= 4 is 11.6 Å². The van der Waals surface area contributed by atoms with E-state index in [1.807, 2.05) is 6.92 Å². The maximum atomic E-state index is 12.6. The lowest BCUT2D eigenvalue weighted by atomic mass is 9.99. The molecule has 7 nitrogen and oxygen atoms in total. The smallest absolute Gasteiger partial charge is 0.268 e. The van der Waals surface area contributed by atoms with E-state index in [-0.39, 0.29) is 11.3 Å². The average molecular weight is 356 g/mol. The molecule has 1 atom stereocenters. The maximum Gasteiger partial charge on any atom is 0.268 e. The van der Waals surface area contributed by atoms with Gasteiger partial charge in [0, 0.05) is 19.0 Å². The molecular weight excluding hydrogens is 332 g/mol. The molecular formula is C19H24N4O3. The van der Waals surface area contributed by atoms with Gasteiger partial charge in [-0.05, 0) is 18.4 Å². The predicted octanol–water partition coefficient (Wildman–Crippen LogP) is 2.79. The second-order valence-corrected chi connectivity index (χ2v) is 7.55. The number of anilines is 1. The second kappa shape index (κ2) is 7.27. The SMILES string of the molecule is Cc1ncc(N2CC[C@@H](Oc3ccc(OCC(C)(C)C)nc3)C2=O)cn1. The quantitative estimate of drug-likeness (QED) is 0.820. The van der Waals surface area contributed by atoms with Crippen LogP contribution < -0.4 is 14.4 Å². The Morgan fingerprint density at radius 3 is 2.50 bits per heavy atom. The molecule has 0 aliphatic carbocycles. The minimum Gasteiger partial charge on any atom is -0.479 e. The van der Waals surface area contributed by atoms with Crippen molar-refractivity contribution in [2.24, 2.45) is 5.41 Å². The highest BCUT2D eigenvalue weighted by atomic mass is 16.5. The van der Waals surface area contributed by atoms with Crippen LogP contribution in [-0.2, 0) is 4.79 Å². The molecule has 7 heteroatoms. The number of rotatable bonds is 5. The normalized spacial score (nSPS) is 17.5. The number of aromatic nitrogens is 3. The van der Waals surface area contributed by atoms with Gasteiger partial charge in [-0.3, -0.25) is 4.79 Å². The second-order valence-electron chi connectivity index (χ2n) is 7.55. The summed E-state index contributed by atoms with van der Waals surface area (Å²) < 4.78 is 11.5. The molecule has 0 radical (unpaired) electrons. The zero-order valence-corrected chi connectivity index (χ0v) is 15.6. The summed E-state index contributed by atoms with van der Waals surface area (Å²) in [5, 5.41) is 0. The zero-order valence-electron chi connectivity index (χ0n) is 15.6. The minimum absolute atomic E-state index is 0.0657. The van der Waals surface area contributed by atoms with Gasteiger partial charge in [0.15, 0.2) is 6.10 Å². The Labute approximate surface area is 153 Å². The van der Waals surface area contributed by atoms with Crippen LogP contribution in [0.1, 0.15) is 33.0 Å². The van der Waals surface area contributed by atoms with Crippen molar-refractivity contribution in [2.75, 3.05) is 18.1 Å². The van der Waals surface area contributed by atoms with Crippen molar-refractivity contribution < 1.29 is 14.3 Å². The van der Waals surface area contributed by atoms with Crippen molar-refractivity contribution in [1.29, 1.82) is 0 Å². The summed E-state index contributed by atoms with van der Waals surface area (Å²) in [4.78, 5) is 26.8. The van der Waals surface area contributed by atoms with Gasteiger partial charge >= 0.3 is 0 Å². The molecule has 1 aliphatic rings. The van der Waals surface area contributed by atoms with Crippen molar-refractivity contribution in [2.45, 2.75) is 40.2 Å². The van der Waals surface area contributed by atoms with E-state index in [4.69, 9.17) is 9.47 Å². The summed E-state index contributed by atoms with van der Waals surface area (Å²) in [6.45, 7) is 9.26. The summed E-state index contributed by atoms with van der Waals surface area (Å²) in [7, 11) is 0. The van der Waals surface area contributed by atoms with Crippen molar-refractivity contribution in [3.05, 3.63) is 36.5 Å². The van der Waals surface area contributed by atoms with Gasteiger partial charge in [-0.1, -0.05) is 20.8 Å². The number of hydrogen-bond acceptors (Lipinski definition) is 6. The van der Waals surface area contributed by atoms with Gasteiger partial charge in [-0.2, -0.15) is 0 Å². The lowest BCUT2D eigenvalue weighted by Gasteiger charge is -2.18. The molecule has 138 valence electrons. The highest BCUT2D eigenvalue weighted by molar-refractivity contribution is 5.98. The fourth-order valence-electron chi connectivity index (χ4n) is 2.52. The van der Waals surface area contributed by atoms with Crippen LogP contribution in [0.3, 0.4) is 0 Å². The topological polar surface area (TPSA) is 77.4 Å². The molecule has 0 spiro atoms. The summed E-state index contributed by atoms with van der Waals surface area (Å²) in [6, 6.07) is 3.53. The van der Waals surface area contributed by atoms with Gasteiger partial charge in [-0.25, -0.2) is 15.0 Å². The van der Waals surface area contributed by atoms with Crippen LogP contribution in [0.5, 0.6) is 11.6 Å². The van der Waals surface area contributed by atoms with Crippen LogP contribution >= 0.6 is 0 Å². The third kappa shape index (κ3) is 4.47. The van der Waals surface area contributed by atoms with E-state index < -0.39 is 6.10 Å². The van der Waals surface area contributed by atoms with Crippen LogP contribution in [0.15, 0.2) is 30.7 Å². The third-order valence-electron chi connectivity index (χ3n) is 3.88. The first-order valence-corrected chi connectivity index (χ1v) is 8.67. The first-order valence-electron chi connectivity index (χ1n) is 8.67. The van der Waals surface area contributed by atoms with E-state index in [0.717, 1.165) is 0 Å². The number of pyridine rings is 1. The van der Waals surface area contributed by atoms with E-state index >= 15 is 0 Å². The van der Waals surface area contributed by atoms with Gasteiger partial charge in [0.25, 0.3) is 5.91 Å². The van der Waals surface area contributed by atoms with E-state index in [0.29, 0.717) is 42.7 Å². The van der Waals surface area contributed by atoms with Crippen LogP contribution in [-0.4, -0.2) is 40.1 Å². The highest BCUT2D eigenvalue weighted by Gasteiger charge is 2.34. The molecule has 3 heterocycles. The largest absolute Gasteiger partial charge is 0.479 e. The standard InChI is InChI=1S/C19H24N4O3/c1-13-20-9-14(10-21-13)23-8-7-16(18(23)24)26-15-5-6-17(22-11-15)25-12-19(2,3)4/h5-6,9-11,16H,7-8,12H2,1-4H3/t16-/m1/s1. The first kappa shape index (κ1) is 18.1. The molecule has 26 heavy (non-hydrogen) atoms. The molecule has 2 aromatic heterocycles. The number of carbonyl (C=O) groups excluding carboxylic acids is 1. The molecule has 3 rings (SSSR count). The molecule has 1 amide bonds. The molecule has 2 aromatic rings. The van der Waals surface area contributed by atoms with Gasteiger partial charge in [-0.15, -0.1) is 0 Å². The highest BCUT2D eigenvalue weighted by Crippen LogP contribution is 2.24. The first-order chi connectivity index (χ1) is 12.3. The number of ether oxygens (including phenoxy) is 2. The molecule has 1 saturated heterocycles. The Morgan fingerprint density at radius 2 is 1.88 bits per heavy atom. The summed E-state index contributed by atoms with van der Waals surface area (Å²) in [6.07, 6.45) is 4.98. The Morgan fingerprint density at radius 1 is 1.15 bits per heavy atom. The van der Waals surface area contributed by atoms with E-state index in [1.54, 1.807) is 35.6 Å². The molecule has 0 unspecified atom stereocenters. The molecule has 0 aromatic carbocycles. The van der Waals surface area contributed by atoms with E-state index in [9.17, 15) is 4.79 Å². The van der Waals surface area contributed by atoms with Crippen LogP contribution in [0.4, 0.5) is 5.69 Å². The number of nitrogens with zero attached hydrogens (tertiary/aromatic N) is 4. The number of hydrogen-bond donors (Lipinski definition) is 0. The van der Waals surface area contributed by atoms with Gasteiger partial charge in [0.05, 0.1) is 30.9 Å². The van der Waals surface area contributed by atoms with Crippen LogP contribution in [0.25, 0.3) is 0 Å². The Balaban J connectivity index is 1.59. The van der Waals surface area contributed by atoms with Crippen molar-refractivity contribution in [3.63, 3.8) is 0 Å². The fourth-order valence-corrected chi connectivity index (χ4v) is 2.52. The fraction of sp³-hybridized carbons (Fsp3) is 0.474.